The maximum absolute atomic E-state index is 13.0. The maximum Gasteiger partial charge on any atom is 0.573 e. The number of halogens is 3. The first-order valence-electron chi connectivity index (χ1n) is 9.10. The molecule has 2 atom stereocenters. The smallest absolute Gasteiger partial charge is 0.406 e. The topological polar surface area (TPSA) is 97.6 Å². The van der Waals surface area contributed by atoms with Crippen LogP contribution in [-0.2, 0) is 9.59 Å². The Kier molecular flexibility index (Phi) is 6.11. The predicted molar refractivity (Wildman–Crippen MR) is 103 cm³/mol. The van der Waals surface area contributed by atoms with Crippen LogP contribution in [0.4, 0.5) is 18.3 Å². The van der Waals surface area contributed by atoms with Crippen molar-refractivity contribution in [3.63, 3.8) is 0 Å². The molecule has 0 bridgehead atoms. The predicted octanol–water partition coefficient (Wildman–Crippen LogP) is 2.79. The summed E-state index contributed by atoms with van der Waals surface area (Å²) in [5.41, 5.74) is 6.34. The van der Waals surface area contributed by atoms with Crippen molar-refractivity contribution in [3.8, 4) is 5.75 Å². The number of fused-ring (bicyclic) bond motifs is 1. The number of ether oxygens (including phenoxy) is 1. The van der Waals surface area contributed by atoms with Crippen molar-refractivity contribution in [1.29, 1.82) is 0 Å². The van der Waals surface area contributed by atoms with Gasteiger partial charge in [-0.25, -0.2) is 9.88 Å². The molecule has 29 heavy (non-hydrogen) atoms. The number of imide groups is 1. The lowest BCUT2D eigenvalue weighted by Crippen LogP contribution is -2.53. The quantitative estimate of drug-likeness (QED) is 0.757. The SMILES string of the molecule is CC(C)[C@H](N)C(=O)N(C(=O)[C@@H]1CCCN1)c1nc2ccc(OC(F)(F)F)cc2s1. The molecular weight excluding hydrogens is 409 g/mol. The summed E-state index contributed by atoms with van der Waals surface area (Å²) in [5.74, 6) is -1.67. The molecule has 1 aliphatic heterocycles. The number of hydrogen-bond acceptors (Lipinski definition) is 7. The van der Waals surface area contributed by atoms with Crippen molar-refractivity contribution in [3.05, 3.63) is 18.2 Å². The first-order chi connectivity index (χ1) is 13.6. The van der Waals surface area contributed by atoms with Gasteiger partial charge in [-0.05, 0) is 37.4 Å². The van der Waals surface area contributed by atoms with Gasteiger partial charge in [0.25, 0.3) is 11.8 Å². The number of alkyl halides is 3. The summed E-state index contributed by atoms with van der Waals surface area (Å²) in [4.78, 5) is 31.2. The number of nitrogens with two attached hydrogens (primary N) is 1. The lowest BCUT2D eigenvalue weighted by molar-refractivity contribution is -0.274. The Bertz CT molecular complexity index is 895. The summed E-state index contributed by atoms with van der Waals surface area (Å²) in [7, 11) is 0. The number of anilines is 1. The van der Waals surface area contributed by atoms with E-state index >= 15 is 0 Å². The van der Waals surface area contributed by atoms with Gasteiger partial charge in [-0.2, -0.15) is 0 Å². The Morgan fingerprint density at radius 2 is 2.10 bits per heavy atom. The molecule has 158 valence electrons. The van der Waals surface area contributed by atoms with E-state index in [0.717, 1.165) is 28.7 Å². The summed E-state index contributed by atoms with van der Waals surface area (Å²) >= 11 is 0.933. The van der Waals surface area contributed by atoms with Crippen molar-refractivity contribution >= 4 is 38.5 Å². The number of nitrogens with one attached hydrogen (secondary N) is 1. The molecule has 0 aliphatic carbocycles. The van der Waals surface area contributed by atoms with Crippen LogP contribution in [0.15, 0.2) is 18.2 Å². The number of rotatable bonds is 5. The lowest BCUT2D eigenvalue weighted by Gasteiger charge is -2.25. The van der Waals surface area contributed by atoms with E-state index in [9.17, 15) is 22.8 Å². The Labute approximate surface area is 169 Å². The number of hydrogen-bond donors (Lipinski definition) is 2. The number of carbonyl (C=O) groups is 2. The van der Waals surface area contributed by atoms with Crippen LogP contribution < -0.4 is 20.7 Å². The third-order valence-corrected chi connectivity index (χ3v) is 5.58. The van der Waals surface area contributed by atoms with Crippen LogP contribution in [0.1, 0.15) is 26.7 Å². The number of aromatic nitrogens is 1. The molecule has 0 saturated carbocycles. The third-order valence-electron chi connectivity index (χ3n) is 4.58. The van der Waals surface area contributed by atoms with E-state index < -0.39 is 36.0 Å². The second-order valence-corrected chi connectivity index (χ2v) is 8.11. The number of nitrogens with zero attached hydrogens (tertiary/aromatic N) is 2. The zero-order chi connectivity index (χ0) is 21.3. The van der Waals surface area contributed by atoms with E-state index in [2.05, 4.69) is 15.0 Å². The van der Waals surface area contributed by atoms with Gasteiger partial charge in [0.15, 0.2) is 5.13 Å². The molecule has 1 aromatic carbocycles. The normalized spacial score (nSPS) is 18.2. The van der Waals surface area contributed by atoms with Crippen LogP contribution in [-0.4, -0.2) is 41.8 Å². The number of benzene rings is 1. The minimum absolute atomic E-state index is 0.0731. The fourth-order valence-corrected chi connectivity index (χ4v) is 3.97. The Morgan fingerprint density at radius 1 is 1.38 bits per heavy atom. The Morgan fingerprint density at radius 3 is 2.69 bits per heavy atom. The van der Waals surface area contributed by atoms with Crippen molar-refractivity contribution in [1.82, 2.24) is 10.3 Å². The Balaban J connectivity index is 1.98. The van der Waals surface area contributed by atoms with Crippen LogP contribution in [0.3, 0.4) is 0 Å². The molecule has 0 unspecified atom stereocenters. The van der Waals surface area contributed by atoms with Gasteiger partial charge < -0.3 is 15.8 Å². The minimum Gasteiger partial charge on any atom is -0.406 e. The van der Waals surface area contributed by atoms with E-state index in [1.165, 1.54) is 12.1 Å². The third kappa shape index (κ3) is 4.85. The van der Waals surface area contributed by atoms with Gasteiger partial charge in [0.2, 0.25) is 0 Å². The summed E-state index contributed by atoms with van der Waals surface area (Å²) in [6, 6.07) is 2.20. The molecule has 1 fully saturated rings. The fourth-order valence-electron chi connectivity index (χ4n) is 2.97. The van der Waals surface area contributed by atoms with Gasteiger partial charge >= 0.3 is 6.36 Å². The van der Waals surface area contributed by atoms with Crippen LogP contribution in [0, 0.1) is 5.92 Å². The first kappa shape index (κ1) is 21.5. The summed E-state index contributed by atoms with van der Waals surface area (Å²) < 4.78 is 41.7. The largest absolute Gasteiger partial charge is 0.573 e. The molecule has 3 rings (SSSR count). The van der Waals surface area contributed by atoms with Gasteiger partial charge in [0, 0.05) is 6.07 Å². The van der Waals surface area contributed by atoms with Gasteiger partial charge in [0.05, 0.1) is 22.3 Å². The van der Waals surface area contributed by atoms with Crippen molar-refractivity contribution in [2.75, 3.05) is 11.4 Å². The van der Waals surface area contributed by atoms with Crippen molar-refractivity contribution in [2.24, 2.45) is 11.7 Å². The van der Waals surface area contributed by atoms with Crippen LogP contribution in [0.25, 0.3) is 10.2 Å². The van der Waals surface area contributed by atoms with Gasteiger partial charge in [-0.3, -0.25) is 9.59 Å². The standard InChI is InChI=1S/C18H21F3N4O3S/c1-9(2)14(22)16(27)25(15(26)12-4-3-7-23-12)17-24-11-6-5-10(8-13(11)29-17)28-18(19,20)21/h5-6,8-9,12,14,23H,3-4,7,22H2,1-2H3/t12-,14-/m0/s1. The molecule has 1 saturated heterocycles. The molecule has 1 aromatic heterocycles. The first-order valence-corrected chi connectivity index (χ1v) is 9.91. The highest BCUT2D eigenvalue weighted by Crippen LogP contribution is 2.34. The second kappa shape index (κ2) is 8.25. The average molecular weight is 430 g/mol. The van der Waals surface area contributed by atoms with E-state index in [0.29, 0.717) is 23.2 Å². The summed E-state index contributed by atoms with van der Waals surface area (Å²) in [6.45, 7) is 4.18. The molecule has 11 heteroatoms. The molecule has 1 aliphatic rings. The monoisotopic (exact) mass is 430 g/mol. The molecule has 2 aromatic rings. The molecule has 0 radical (unpaired) electrons. The van der Waals surface area contributed by atoms with Crippen molar-refractivity contribution in [2.45, 2.75) is 45.1 Å². The van der Waals surface area contributed by atoms with E-state index in [-0.39, 0.29) is 11.0 Å². The van der Waals surface area contributed by atoms with Gasteiger partial charge in [-0.1, -0.05) is 25.2 Å². The average Bonchev–Trinajstić information content (AvgIpc) is 3.28. The zero-order valence-electron chi connectivity index (χ0n) is 15.8. The van der Waals surface area contributed by atoms with Crippen LogP contribution in [0.5, 0.6) is 5.75 Å². The number of carbonyl (C=O) groups excluding carboxylic acids is 2. The van der Waals surface area contributed by atoms with Crippen LogP contribution in [0.2, 0.25) is 0 Å². The van der Waals surface area contributed by atoms with E-state index in [1.54, 1.807) is 13.8 Å². The Hall–Kier alpha value is -2.24. The van der Waals surface area contributed by atoms with Gasteiger partial charge in [0.1, 0.15) is 5.75 Å². The molecular formula is C18H21F3N4O3S. The maximum atomic E-state index is 13.0. The highest BCUT2D eigenvalue weighted by molar-refractivity contribution is 7.22. The molecule has 2 amide bonds. The summed E-state index contributed by atoms with van der Waals surface area (Å²) in [6.07, 6.45) is -3.45. The second-order valence-electron chi connectivity index (χ2n) is 7.10. The lowest BCUT2D eigenvalue weighted by atomic mass is 10.0. The van der Waals surface area contributed by atoms with Crippen molar-refractivity contribution < 1.29 is 27.5 Å². The van der Waals surface area contributed by atoms with E-state index in [1.807, 2.05) is 0 Å². The van der Waals surface area contributed by atoms with Gasteiger partial charge in [-0.15, -0.1) is 13.2 Å². The summed E-state index contributed by atoms with van der Waals surface area (Å²) in [5, 5.41) is 3.12. The molecule has 2 heterocycles. The molecule has 0 spiro atoms. The molecule has 3 N–H and O–H groups in total. The zero-order valence-corrected chi connectivity index (χ0v) is 16.6. The fraction of sp³-hybridized carbons (Fsp3) is 0.500. The highest BCUT2D eigenvalue weighted by Gasteiger charge is 2.37. The highest BCUT2D eigenvalue weighted by atomic mass is 32.1. The minimum atomic E-state index is -4.82. The number of amides is 2. The van der Waals surface area contributed by atoms with E-state index in [4.69, 9.17) is 5.73 Å². The molecule has 7 nitrogen and oxygen atoms in total. The number of thiazole rings is 1. The van der Waals surface area contributed by atoms with Crippen LogP contribution >= 0.6 is 11.3 Å².